The number of halogens is 6. The maximum Gasteiger partial charge on any atom is 0.417 e. The Morgan fingerprint density at radius 1 is 0.618 bits per heavy atom. The minimum absolute atomic E-state index is 0.0512. The van der Waals surface area contributed by atoms with Crippen LogP contribution in [0.4, 0.5) is 35.9 Å². The number of carbonyl (C=O) groups is 4. The van der Waals surface area contributed by atoms with Gasteiger partial charge in [0, 0.05) is 112 Å². The van der Waals surface area contributed by atoms with Crippen LogP contribution < -0.4 is 0 Å². The summed E-state index contributed by atoms with van der Waals surface area (Å²) in [6, 6.07) is 10.1. The largest absolute Gasteiger partial charge is 0.476 e. The van der Waals surface area contributed by atoms with Crippen LogP contribution in [0.3, 0.4) is 0 Å². The maximum absolute atomic E-state index is 13.5. The minimum Gasteiger partial charge on any atom is -0.476 e. The molecule has 0 unspecified atom stereocenters. The van der Waals surface area contributed by atoms with Gasteiger partial charge in [-0.25, -0.2) is 29.1 Å². The van der Waals surface area contributed by atoms with E-state index in [2.05, 4.69) is 25.1 Å². The Kier molecular flexibility index (Phi) is 14.8. The van der Waals surface area contributed by atoms with Crippen LogP contribution in [0.5, 0.6) is 0 Å². The van der Waals surface area contributed by atoms with Gasteiger partial charge in [-0.05, 0) is 68.3 Å². The fraction of sp³-hybridized carbons (Fsp3) is 0.364. The van der Waals surface area contributed by atoms with Crippen LogP contribution in [0.25, 0.3) is 21.1 Å². The Hall–Kier alpha value is -6.50. The van der Waals surface area contributed by atoms with Crippen molar-refractivity contribution in [3.8, 4) is 21.1 Å². The number of aromatic nitrogens is 6. The van der Waals surface area contributed by atoms with E-state index in [1.165, 1.54) is 55.1 Å². The smallest absolute Gasteiger partial charge is 0.417 e. The van der Waals surface area contributed by atoms with Crippen molar-refractivity contribution in [1.29, 1.82) is 0 Å². The molecule has 16 nitrogen and oxygen atoms in total. The van der Waals surface area contributed by atoms with E-state index >= 15 is 0 Å². The predicted molar refractivity (Wildman–Crippen MR) is 237 cm³/mol. The van der Waals surface area contributed by atoms with Gasteiger partial charge in [-0.2, -0.15) is 45.9 Å². The number of carbonyl (C=O) groups excluding carboxylic acids is 3. The summed E-state index contributed by atoms with van der Waals surface area (Å²) in [5.41, 5.74) is -0.660. The molecular formula is C44H44F6N10O6S2. The van der Waals surface area contributed by atoms with Gasteiger partial charge >= 0.3 is 36.4 Å². The number of rotatable bonds is 8. The van der Waals surface area contributed by atoms with Gasteiger partial charge in [0.1, 0.15) is 15.6 Å². The monoisotopic (exact) mass is 986 g/mol. The number of ether oxygens (including phenoxy) is 1. The number of nitrogens with zero attached hydrogens (tertiary/aromatic N) is 10. The SMILES string of the molecule is CC(C)(C)OC(=O)c1ccn(C(=O)N2CCN(Cc3ccc(C(F)(F)F)c(-c4nccs4)c3)CC2)n1.O=C(O)c1ccn(C(=O)N2CCN(Cc3ccc(C(F)(F)F)c(-c4nccs4)c3)CC2)n1. The lowest BCUT2D eigenvalue weighted by molar-refractivity contribution is -0.137. The van der Waals surface area contributed by atoms with Crippen molar-refractivity contribution < 1.29 is 55.4 Å². The third-order valence-corrected chi connectivity index (χ3v) is 12.2. The molecule has 2 aliphatic rings. The number of aromatic carboxylic acids is 1. The molecule has 0 aliphatic carbocycles. The van der Waals surface area contributed by atoms with Crippen molar-refractivity contribution in [2.45, 2.75) is 51.8 Å². The molecule has 2 fully saturated rings. The van der Waals surface area contributed by atoms with E-state index in [1.807, 2.05) is 4.90 Å². The molecule has 2 amide bonds. The highest BCUT2D eigenvalue weighted by molar-refractivity contribution is 7.13. The minimum atomic E-state index is -4.47. The number of alkyl halides is 6. The number of hydrogen-bond acceptors (Lipinski definition) is 13. The molecule has 0 saturated carbocycles. The second-order valence-electron chi connectivity index (χ2n) is 16.6. The van der Waals surface area contributed by atoms with Crippen molar-refractivity contribution in [2.24, 2.45) is 0 Å². The number of hydrogen-bond donors (Lipinski definition) is 1. The Bertz CT molecular complexity index is 2720. The average Bonchev–Trinajstić information content (AvgIpc) is 4.14. The summed E-state index contributed by atoms with van der Waals surface area (Å²) < 4.78 is 88.2. The summed E-state index contributed by atoms with van der Waals surface area (Å²) in [7, 11) is 0. The fourth-order valence-corrected chi connectivity index (χ4v) is 8.69. The molecule has 8 rings (SSSR count). The summed E-state index contributed by atoms with van der Waals surface area (Å²) >= 11 is 2.31. The molecule has 24 heteroatoms. The van der Waals surface area contributed by atoms with E-state index < -0.39 is 47.1 Å². The van der Waals surface area contributed by atoms with Crippen molar-refractivity contribution in [1.82, 2.24) is 49.1 Å². The van der Waals surface area contributed by atoms with E-state index in [1.54, 1.807) is 47.4 Å². The van der Waals surface area contributed by atoms with Crippen molar-refractivity contribution in [3.05, 3.63) is 118 Å². The third kappa shape index (κ3) is 12.3. The molecule has 6 heterocycles. The Labute approximate surface area is 393 Å². The molecule has 2 aliphatic heterocycles. The Balaban J connectivity index is 0.000000203. The standard InChI is InChI=1S/C24H26F3N5O3S.C20H18F3N5O3S/c1-23(2,3)35-21(33)19-6-8-32(29-19)22(34)31-11-9-30(10-12-31)15-16-4-5-18(24(25,26)27)17(14-16)20-28-7-13-36-20;21-20(22,23)15-2-1-13(11-14(15)17-24-4-10-32-17)12-26-6-8-27(9-7-26)19(31)28-5-3-16(25-28)18(29)30/h4-8,13-14H,9-12,15H2,1-3H3;1-5,10-11H,6-9,12H2,(H,29,30). The first kappa shape index (κ1) is 49.4. The zero-order valence-electron chi connectivity index (χ0n) is 36.7. The number of piperazine rings is 2. The second kappa shape index (κ2) is 20.4. The van der Waals surface area contributed by atoms with Gasteiger partial charge in [0.25, 0.3) is 0 Å². The normalized spacial score (nSPS) is 15.2. The van der Waals surface area contributed by atoms with Crippen LogP contribution in [0, 0.1) is 0 Å². The van der Waals surface area contributed by atoms with E-state index in [-0.39, 0.29) is 28.5 Å². The summed E-state index contributed by atoms with van der Waals surface area (Å²) in [5.74, 6) is -1.82. The number of thiazole rings is 2. The van der Waals surface area contributed by atoms with Gasteiger partial charge in [0.15, 0.2) is 11.4 Å². The van der Waals surface area contributed by atoms with Crippen molar-refractivity contribution in [3.63, 3.8) is 0 Å². The van der Waals surface area contributed by atoms with Gasteiger partial charge in [0.05, 0.1) is 11.1 Å². The van der Waals surface area contributed by atoms with Gasteiger partial charge < -0.3 is 19.6 Å². The highest BCUT2D eigenvalue weighted by Crippen LogP contribution is 2.40. The highest BCUT2D eigenvalue weighted by Gasteiger charge is 2.36. The Morgan fingerprint density at radius 3 is 1.38 bits per heavy atom. The molecule has 0 bridgehead atoms. The number of carboxylic acids is 1. The number of amides is 2. The summed E-state index contributed by atoms with van der Waals surface area (Å²) in [6.07, 6.45) is -3.25. The summed E-state index contributed by atoms with van der Waals surface area (Å²) in [4.78, 5) is 63.8. The van der Waals surface area contributed by atoms with Gasteiger partial charge in [0.2, 0.25) is 0 Å². The van der Waals surface area contributed by atoms with E-state index in [9.17, 15) is 45.5 Å². The lowest BCUT2D eigenvalue weighted by Gasteiger charge is -2.34. The van der Waals surface area contributed by atoms with Crippen molar-refractivity contribution in [2.75, 3.05) is 52.4 Å². The third-order valence-electron chi connectivity index (χ3n) is 10.6. The maximum atomic E-state index is 13.5. The lowest BCUT2D eigenvalue weighted by atomic mass is 10.0. The van der Waals surface area contributed by atoms with Crippen LogP contribution in [0.2, 0.25) is 0 Å². The number of benzene rings is 2. The molecule has 4 aromatic heterocycles. The molecule has 360 valence electrons. The van der Waals surface area contributed by atoms with E-state index in [0.717, 1.165) is 55.3 Å². The average molecular weight is 987 g/mol. The van der Waals surface area contributed by atoms with E-state index in [0.29, 0.717) is 75.5 Å². The first-order valence-electron chi connectivity index (χ1n) is 20.9. The zero-order chi connectivity index (χ0) is 49.0. The van der Waals surface area contributed by atoms with Gasteiger partial charge in [-0.3, -0.25) is 9.80 Å². The fourth-order valence-electron chi connectivity index (χ4n) is 7.36. The quantitative estimate of drug-likeness (QED) is 0.115. The van der Waals surface area contributed by atoms with Crippen LogP contribution in [0.15, 0.2) is 84.1 Å². The van der Waals surface area contributed by atoms with Crippen LogP contribution in [-0.4, -0.2) is 136 Å². The molecular weight excluding hydrogens is 943 g/mol. The van der Waals surface area contributed by atoms with Crippen LogP contribution >= 0.6 is 22.7 Å². The van der Waals surface area contributed by atoms with Gasteiger partial charge in [-0.1, -0.05) is 12.1 Å². The number of carboxylic acid groups (broad SMARTS) is 1. The van der Waals surface area contributed by atoms with Crippen LogP contribution in [-0.2, 0) is 30.2 Å². The predicted octanol–water partition coefficient (Wildman–Crippen LogP) is 8.28. The molecule has 1 N–H and O–H groups in total. The molecule has 68 heavy (non-hydrogen) atoms. The molecule has 0 radical (unpaired) electrons. The van der Waals surface area contributed by atoms with E-state index in [4.69, 9.17) is 9.84 Å². The highest BCUT2D eigenvalue weighted by atomic mass is 32.1. The van der Waals surface area contributed by atoms with Gasteiger partial charge in [-0.15, -0.1) is 22.7 Å². The zero-order valence-corrected chi connectivity index (χ0v) is 38.3. The second-order valence-corrected chi connectivity index (χ2v) is 18.4. The number of esters is 1. The molecule has 2 saturated heterocycles. The molecule has 6 aromatic rings. The molecule has 0 atom stereocenters. The molecule has 2 aromatic carbocycles. The molecule has 0 spiro atoms. The first-order valence-corrected chi connectivity index (χ1v) is 22.7. The summed E-state index contributed by atoms with van der Waals surface area (Å²) in [5, 5.41) is 20.7. The Morgan fingerprint density at radius 2 is 1.03 bits per heavy atom. The first-order chi connectivity index (χ1) is 32.1. The van der Waals surface area contributed by atoms with Crippen LogP contribution in [0.1, 0.15) is 64.0 Å². The summed E-state index contributed by atoms with van der Waals surface area (Å²) in [6.45, 7) is 9.86. The van der Waals surface area contributed by atoms with Crippen molar-refractivity contribution >= 4 is 46.7 Å². The lowest BCUT2D eigenvalue weighted by Crippen LogP contribution is -2.49. The topological polar surface area (TPSA) is 172 Å².